The normalized spacial score (nSPS) is 20.8. The molecule has 0 unspecified atom stereocenters. The van der Waals surface area contributed by atoms with Crippen molar-refractivity contribution in [2.24, 2.45) is 0 Å². The molecule has 8 nitrogen and oxygen atoms in total. The second kappa shape index (κ2) is 9.99. The lowest BCUT2D eigenvalue weighted by atomic mass is 9.93. The van der Waals surface area contributed by atoms with Gasteiger partial charge in [0.25, 0.3) is 5.91 Å². The van der Waals surface area contributed by atoms with Crippen molar-refractivity contribution in [3.05, 3.63) is 29.6 Å². The third-order valence-electron chi connectivity index (χ3n) is 6.62. The quantitative estimate of drug-likeness (QED) is 0.293. The highest BCUT2D eigenvalue weighted by Gasteiger charge is 2.56. The molecule has 1 aromatic heterocycles. The first kappa shape index (κ1) is 26.7. The van der Waals surface area contributed by atoms with Gasteiger partial charge in [0.15, 0.2) is 4.75 Å². The van der Waals surface area contributed by atoms with Gasteiger partial charge in [-0.15, -0.1) is 0 Å². The maximum Gasteiger partial charge on any atom is 0.453 e. The Bertz CT molecular complexity index is 958. The van der Waals surface area contributed by atoms with Gasteiger partial charge >= 0.3 is 12.1 Å². The molecule has 0 atom stereocenters. The zero-order valence-electron chi connectivity index (χ0n) is 18.2. The summed E-state index contributed by atoms with van der Waals surface area (Å²) in [6.07, 6.45) is -5.34. The van der Waals surface area contributed by atoms with Crippen molar-refractivity contribution in [1.82, 2.24) is 20.1 Å². The molecule has 3 N–H and O–H groups in total. The van der Waals surface area contributed by atoms with Crippen LogP contribution in [-0.2, 0) is 21.2 Å². The minimum absolute atomic E-state index is 0.0259. The molecule has 2 aliphatic rings. The van der Waals surface area contributed by atoms with Gasteiger partial charge in [-0.2, -0.15) is 22.0 Å². The average molecular weight is 515 g/mol. The number of carbonyl (C=O) groups excluding carboxylic acids is 1. The van der Waals surface area contributed by atoms with E-state index in [0.717, 1.165) is 0 Å². The van der Waals surface area contributed by atoms with E-state index in [9.17, 15) is 35.2 Å². The molecule has 0 spiro atoms. The first-order valence-corrected chi connectivity index (χ1v) is 12.3. The van der Waals surface area contributed by atoms with Gasteiger partial charge in [0.1, 0.15) is 0 Å². The van der Waals surface area contributed by atoms with Crippen molar-refractivity contribution >= 4 is 15.9 Å². The number of pyridine rings is 1. The second-order valence-electron chi connectivity index (χ2n) is 8.66. The third kappa shape index (κ3) is 5.19. The van der Waals surface area contributed by atoms with Crippen LogP contribution in [0.5, 0.6) is 0 Å². The van der Waals surface area contributed by atoms with Crippen molar-refractivity contribution in [3.8, 4) is 0 Å². The summed E-state index contributed by atoms with van der Waals surface area (Å²) in [6.45, 7) is 0.882. The summed E-state index contributed by atoms with van der Waals surface area (Å²) >= 11 is 0. The van der Waals surface area contributed by atoms with E-state index in [1.54, 1.807) is 6.07 Å². The van der Waals surface area contributed by atoms with Gasteiger partial charge in [0.2, 0.25) is 10.0 Å². The number of nitrogens with zero attached hydrogens (tertiary/aromatic N) is 2. The van der Waals surface area contributed by atoms with E-state index in [-0.39, 0.29) is 37.4 Å². The number of carbonyl (C=O) groups is 1. The van der Waals surface area contributed by atoms with E-state index in [1.165, 1.54) is 22.0 Å². The van der Waals surface area contributed by atoms with Gasteiger partial charge in [0, 0.05) is 37.3 Å². The van der Waals surface area contributed by atoms with Gasteiger partial charge in [-0.1, -0.05) is 6.07 Å². The minimum atomic E-state index is -5.60. The first-order chi connectivity index (χ1) is 15.8. The van der Waals surface area contributed by atoms with Gasteiger partial charge < -0.3 is 5.32 Å². The summed E-state index contributed by atoms with van der Waals surface area (Å²) in [5.74, 6) is -5.86. The maximum absolute atomic E-state index is 13.3. The summed E-state index contributed by atoms with van der Waals surface area (Å²) in [5.41, 5.74) is 2.33. The maximum atomic E-state index is 13.3. The number of hydrogen-bond acceptors (Lipinski definition) is 6. The molecular weight excluding hydrogens is 487 g/mol. The Balaban J connectivity index is 1.63. The Morgan fingerprint density at radius 3 is 2.29 bits per heavy atom. The molecule has 2 fully saturated rings. The van der Waals surface area contributed by atoms with Crippen LogP contribution in [0, 0.1) is 0 Å². The van der Waals surface area contributed by atoms with Crippen LogP contribution in [0.3, 0.4) is 0 Å². The molecule has 0 radical (unpaired) electrons. The van der Waals surface area contributed by atoms with Crippen LogP contribution in [0.2, 0.25) is 0 Å². The standard InChI is InChI=1S/C20H27F5N4O4S/c21-19(22,20(23,24)25)6-3-14-1-2-16(27-13-14)15-4-11-29(12-5-15)34(32,33)18(17(30)28-31)7-9-26-10-8-18/h1-2,13,15,26,31H,3-12H2,(H,28,30). The zero-order chi connectivity index (χ0) is 25.2. The summed E-state index contributed by atoms with van der Waals surface area (Å²) in [7, 11) is -4.07. The predicted octanol–water partition coefficient (Wildman–Crippen LogP) is 2.35. The first-order valence-electron chi connectivity index (χ1n) is 10.9. The Kier molecular flexibility index (Phi) is 7.85. The number of aromatic nitrogens is 1. The molecule has 0 aromatic carbocycles. The molecule has 3 rings (SSSR count). The molecule has 0 aliphatic carbocycles. The third-order valence-corrected chi connectivity index (χ3v) is 9.25. The fourth-order valence-electron chi connectivity index (χ4n) is 4.44. The van der Waals surface area contributed by atoms with Crippen molar-refractivity contribution < 1.29 is 40.4 Å². The molecular formula is C20H27F5N4O4S. The van der Waals surface area contributed by atoms with Crippen molar-refractivity contribution in [2.45, 2.75) is 61.3 Å². The average Bonchev–Trinajstić information content (AvgIpc) is 2.82. The second-order valence-corrected chi connectivity index (χ2v) is 10.9. The van der Waals surface area contributed by atoms with Gasteiger partial charge in [-0.05, 0) is 56.8 Å². The number of sulfonamides is 1. The summed E-state index contributed by atoms with van der Waals surface area (Å²) in [5, 5.41) is 12.1. The van der Waals surface area contributed by atoms with E-state index < -0.39 is 45.6 Å². The van der Waals surface area contributed by atoms with Crippen LogP contribution in [-0.4, -0.2) is 71.8 Å². The fourth-order valence-corrected chi connectivity index (χ4v) is 6.63. The van der Waals surface area contributed by atoms with Crippen LogP contribution in [0.4, 0.5) is 22.0 Å². The molecule has 2 aliphatic heterocycles. The Morgan fingerprint density at radius 2 is 1.79 bits per heavy atom. The van der Waals surface area contributed by atoms with Crippen molar-refractivity contribution in [3.63, 3.8) is 0 Å². The number of hydroxylamine groups is 1. The molecule has 14 heteroatoms. The highest BCUT2D eigenvalue weighted by Crippen LogP contribution is 2.39. The smallest absolute Gasteiger partial charge is 0.317 e. The highest BCUT2D eigenvalue weighted by atomic mass is 32.2. The Hall–Kier alpha value is -1.90. The number of alkyl halides is 5. The number of aryl methyl sites for hydroxylation is 1. The molecule has 192 valence electrons. The minimum Gasteiger partial charge on any atom is -0.317 e. The van der Waals surface area contributed by atoms with Crippen molar-refractivity contribution in [2.75, 3.05) is 26.2 Å². The van der Waals surface area contributed by atoms with E-state index in [1.807, 2.05) is 0 Å². The largest absolute Gasteiger partial charge is 0.453 e. The molecule has 0 bridgehead atoms. The molecule has 1 amide bonds. The van der Waals surface area contributed by atoms with E-state index in [0.29, 0.717) is 31.6 Å². The number of piperidine rings is 2. The van der Waals surface area contributed by atoms with E-state index in [4.69, 9.17) is 5.21 Å². The predicted molar refractivity (Wildman–Crippen MR) is 111 cm³/mol. The molecule has 34 heavy (non-hydrogen) atoms. The number of hydrogen-bond donors (Lipinski definition) is 3. The number of nitrogens with one attached hydrogen (secondary N) is 2. The van der Waals surface area contributed by atoms with Crippen LogP contribution < -0.4 is 10.8 Å². The zero-order valence-corrected chi connectivity index (χ0v) is 19.1. The number of halogens is 5. The fraction of sp³-hybridized carbons (Fsp3) is 0.700. The summed E-state index contributed by atoms with van der Waals surface area (Å²) < 4.78 is 89.4. The summed E-state index contributed by atoms with van der Waals surface area (Å²) in [4.78, 5) is 16.5. The number of rotatable bonds is 7. The van der Waals surface area contributed by atoms with Crippen LogP contribution in [0.1, 0.15) is 49.3 Å². The number of amides is 1. The molecule has 2 saturated heterocycles. The van der Waals surface area contributed by atoms with Crippen LogP contribution in [0.25, 0.3) is 0 Å². The monoisotopic (exact) mass is 514 g/mol. The lowest BCUT2D eigenvalue weighted by molar-refractivity contribution is -0.284. The van der Waals surface area contributed by atoms with E-state index >= 15 is 0 Å². The Labute approximate surface area is 193 Å². The molecule has 3 heterocycles. The van der Waals surface area contributed by atoms with Gasteiger partial charge in [0.05, 0.1) is 0 Å². The topological polar surface area (TPSA) is 112 Å². The molecule has 1 aromatic rings. The van der Waals surface area contributed by atoms with Crippen LogP contribution >= 0.6 is 0 Å². The van der Waals surface area contributed by atoms with Gasteiger partial charge in [-0.3, -0.25) is 15.0 Å². The molecule has 0 saturated carbocycles. The van der Waals surface area contributed by atoms with E-state index in [2.05, 4.69) is 10.3 Å². The van der Waals surface area contributed by atoms with Crippen LogP contribution in [0.15, 0.2) is 18.3 Å². The lowest BCUT2D eigenvalue weighted by Crippen LogP contribution is -2.61. The summed E-state index contributed by atoms with van der Waals surface area (Å²) in [6, 6.07) is 3.01. The highest BCUT2D eigenvalue weighted by molar-refractivity contribution is 7.91. The van der Waals surface area contributed by atoms with Crippen molar-refractivity contribution in [1.29, 1.82) is 0 Å². The van der Waals surface area contributed by atoms with Gasteiger partial charge in [-0.25, -0.2) is 18.2 Å². The SMILES string of the molecule is O=C(NO)C1(S(=O)(=O)N2CCC(c3ccc(CCC(F)(F)C(F)(F)F)cn3)CC2)CCNCC1. The Morgan fingerprint density at radius 1 is 1.18 bits per heavy atom. The lowest BCUT2D eigenvalue weighted by Gasteiger charge is -2.40.